The highest BCUT2D eigenvalue weighted by Crippen LogP contribution is 2.41. The lowest BCUT2D eigenvalue weighted by Gasteiger charge is -2.30. The van der Waals surface area contributed by atoms with Gasteiger partial charge in [-0.2, -0.15) is 0 Å². The van der Waals surface area contributed by atoms with Gasteiger partial charge in [-0.1, -0.05) is 81.3 Å². The molecule has 0 N–H and O–H groups in total. The lowest BCUT2D eigenvalue weighted by Crippen LogP contribution is -2.38. The molecule has 7 rings (SSSR count). The van der Waals surface area contributed by atoms with E-state index in [1.165, 1.54) is 22.5 Å². The number of furan rings is 1. The summed E-state index contributed by atoms with van der Waals surface area (Å²) in [7, 11) is 0. The van der Waals surface area contributed by atoms with Gasteiger partial charge < -0.3 is 4.42 Å². The number of rotatable bonds is 3. The minimum atomic E-state index is -0.207. The monoisotopic (exact) mass is 612 g/mol. The van der Waals surface area contributed by atoms with Gasteiger partial charge in [0, 0.05) is 26.7 Å². The average molecular weight is 614 g/mol. The van der Waals surface area contributed by atoms with E-state index in [9.17, 15) is 4.79 Å². The molecule has 1 aliphatic carbocycles. The third-order valence-corrected chi connectivity index (χ3v) is 9.17. The summed E-state index contributed by atoms with van der Waals surface area (Å²) < 4.78 is 9.61. The summed E-state index contributed by atoms with van der Waals surface area (Å²) in [5, 5.41) is 0.653. The van der Waals surface area contributed by atoms with Crippen molar-refractivity contribution >= 4 is 50.6 Å². The first-order valence-corrected chi connectivity index (χ1v) is 14.7. The Kier molecular flexibility index (Phi) is 6.07. The van der Waals surface area contributed by atoms with Gasteiger partial charge in [-0.15, -0.1) is 0 Å². The smallest absolute Gasteiger partial charge is 0.271 e. The Bertz CT molecular complexity index is 1980. The van der Waals surface area contributed by atoms with E-state index in [0.717, 1.165) is 45.3 Å². The van der Waals surface area contributed by atoms with Gasteiger partial charge in [0.15, 0.2) is 4.80 Å². The molecule has 3 heterocycles. The van der Waals surface area contributed by atoms with Gasteiger partial charge in [-0.3, -0.25) is 9.36 Å². The van der Waals surface area contributed by atoms with Crippen LogP contribution in [0.1, 0.15) is 40.5 Å². The maximum Gasteiger partial charge on any atom is 0.271 e. The van der Waals surface area contributed by atoms with E-state index in [1.54, 1.807) is 0 Å². The minimum absolute atomic E-state index is 0.0611. The fraction of sp³-hybridized carbons (Fsp3) is 0.125. The number of benzene rings is 3. The average Bonchev–Trinajstić information content (AvgIpc) is 3.53. The van der Waals surface area contributed by atoms with E-state index in [1.807, 2.05) is 60.0 Å². The first kappa shape index (κ1) is 24.6. The quantitative estimate of drug-likeness (QED) is 0.214. The SMILES string of the molecule is Cc1ccc(Cl)cc1-c1ccc(/C=c2\sc3n(c2=O)[C@H](c2ccc(Br)cc2)C2=C(N=3)c3ccccc3CC2)o1. The van der Waals surface area contributed by atoms with Gasteiger partial charge in [0.2, 0.25) is 0 Å². The Morgan fingerprint density at radius 1 is 1.03 bits per heavy atom. The first-order chi connectivity index (χ1) is 19.0. The van der Waals surface area contributed by atoms with Crippen LogP contribution in [0.25, 0.3) is 23.1 Å². The maximum absolute atomic E-state index is 14.0. The number of hydrogen-bond donors (Lipinski definition) is 0. The highest BCUT2D eigenvalue weighted by Gasteiger charge is 2.32. The molecular weight excluding hydrogens is 592 g/mol. The second-order valence-corrected chi connectivity index (χ2v) is 12.2. The molecule has 192 valence electrons. The van der Waals surface area contributed by atoms with E-state index in [2.05, 4.69) is 52.3 Å². The standard InChI is InChI=1S/C32H22BrClN2O2S/c1-18-6-12-22(34)16-26(18)27-15-13-23(38-27)17-28-31(37)36-30(20-7-10-21(33)11-8-20)25-14-9-19-4-2-3-5-24(19)29(25)35-32(36)39-28/h2-8,10-13,15-17,30H,9,14H2,1H3/b28-17-/t30-/m1/s1. The molecule has 0 fully saturated rings. The Morgan fingerprint density at radius 2 is 1.85 bits per heavy atom. The second-order valence-electron chi connectivity index (χ2n) is 9.83. The zero-order valence-electron chi connectivity index (χ0n) is 20.9. The molecule has 1 aliphatic heterocycles. The normalized spacial score (nSPS) is 16.5. The Hall–Kier alpha value is -3.45. The zero-order chi connectivity index (χ0) is 26.7. The van der Waals surface area contributed by atoms with Crippen LogP contribution in [0.5, 0.6) is 0 Å². The summed E-state index contributed by atoms with van der Waals surface area (Å²) in [4.78, 5) is 19.7. The van der Waals surface area contributed by atoms with Gasteiger partial charge >= 0.3 is 0 Å². The summed E-state index contributed by atoms with van der Waals surface area (Å²) >= 11 is 11.2. The second kappa shape index (κ2) is 9.63. The van der Waals surface area contributed by atoms with Crippen molar-refractivity contribution < 1.29 is 4.42 Å². The van der Waals surface area contributed by atoms with Crippen molar-refractivity contribution in [3.05, 3.63) is 142 Å². The lowest BCUT2D eigenvalue weighted by atomic mass is 9.83. The molecule has 2 aromatic heterocycles. The summed E-state index contributed by atoms with van der Waals surface area (Å²) in [6, 6.07) is 26.0. The van der Waals surface area contributed by atoms with Gasteiger partial charge in [0.25, 0.3) is 5.56 Å². The molecule has 1 atom stereocenters. The van der Waals surface area contributed by atoms with Crippen molar-refractivity contribution in [2.75, 3.05) is 0 Å². The summed E-state index contributed by atoms with van der Waals surface area (Å²) in [6.45, 7) is 2.02. The molecule has 3 aromatic carbocycles. The van der Waals surface area contributed by atoms with Crippen LogP contribution in [0.4, 0.5) is 0 Å². The third-order valence-electron chi connectivity index (χ3n) is 7.42. The molecule has 5 aromatic rings. The van der Waals surface area contributed by atoms with Crippen molar-refractivity contribution in [1.29, 1.82) is 0 Å². The molecule has 0 amide bonds. The predicted molar refractivity (Wildman–Crippen MR) is 161 cm³/mol. The van der Waals surface area contributed by atoms with Crippen molar-refractivity contribution in [2.45, 2.75) is 25.8 Å². The molecule has 0 unspecified atom stereocenters. The molecule has 7 heteroatoms. The third kappa shape index (κ3) is 4.27. The highest BCUT2D eigenvalue weighted by atomic mass is 79.9. The molecule has 39 heavy (non-hydrogen) atoms. The number of fused-ring (bicyclic) bond motifs is 3. The minimum Gasteiger partial charge on any atom is -0.457 e. The molecule has 0 radical (unpaired) electrons. The summed E-state index contributed by atoms with van der Waals surface area (Å²) in [5.74, 6) is 1.33. The van der Waals surface area contributed by atoms with E-state index >= 15 is 0 Å². The number of hydrogen-bond acceptors (Lipinski definition) is 4. The number of allylic oxidation sites excluding steroid dienone is 1. The fourth-order valence-electron chi connectivity index (χ4n) is 5.53. The van der Waals surface area contributed by atoms with Crippen molar-refractivity contribution in [1.82, 2.24) is 4.57 Å². The summed E-state index contributed by atoms with van der Waals surface area (Å²) in [5.41, 5.74) is 7.66. The zero-order valence-corrected chi connectivity index (χ0v) is 24.1. The van der Waals surface area contributed by atoms with E-state index in [4.69, 9.17) is 21.0 Å². The van der Waals surface area contributed by atoms with Crippen molar-refractivity contribution in [3.63, 3.8) is 0 Å². The lowest BCUT2D eigenvalue weighted by molar-refractivity contribution is 0.570. The topological polar surface area (TPSA) is 47.5 Å². The number of aromatic nitrogens is 1. The molecule has 0 spiro atoms. The van der Waals surface area contributed by atoms with Crippen molar-refractivity contribution in [2.24, 2.45) is 4.99 Å². The highest BCUT2D eigenvalue weighted by molar-refractivity contribution is 9.10. The molecule has 0 saturated heterocycles. The number of aryl methyl sites for hydroxylation is 2. The summed E-state index contributed by atoms with van der Waals surface area (Å²) in [6.07, 6.45) is 3.61. The van der Waals surface area contributed by atoms with Crippen LogP contribution >= 0.6 is 38.9 Å². The Labute approximate surface area is 242 Å². The van der Waals surface area contributed by atoms with Crippen molar-refractivity contribution in [3.8, 4) is 11.3 Å². The van der Waals surface area contributed by atoms with Crippen LogP contribution in [-0.2, 0) is 6.42 Å². The van der Waals surface area contributed by atoms with Crippen LogP contribution in [0, 0.1) is 6.92 Å². The van der Waals surface area contributed by atoms with Gasteiger partial charge in [-0.25, -0.2) is 4.99 Å². The largest absolute Gasteiger partial charge is 0.457 e. The van der Waals surface area contributed by atoms with Crippen LogP contribution in [0.3, 0.4) is 0 Å². The van der Waals surface area contributed by atoms with Gasteiger partial charge in [0.05, 0.1) is 16.3 Å². The molecule has 4 nitrogen and oxygen atoms in total. The van der Waals surface area contributed by atoms with Gasteiger partial charge in [-0.05, 0) is 78.4 Å². The Morgan fingerprint density at radius 3 is 2.69 bits per heavy atom. The predicted octanol–water partition coefficient (Wildman–Crippen LogP) is 7.30. The van der Waals surface area contributed by atoms with Crippen LogP contribution in [0.2, 0.25) is 5.02 Å². The van der Waals surface area contributed by atoms with E-state index in [-0.39, 0.29) is 11.6 Å². The molecule has 2 aliphatic rings. The van der Waals surface area contributed by atoms with E-state index in [0.29, 0.717) is 25.9 Å². The number of thiazole rings is 1. The molecule has 0 bridgehead atoms. The first-order valence-electron chi connectivity index (χ1n) is 12.7. The van der Waals surface area contributed by atoms with Crippen LogP contribution in [-0.4, -0.2) is 4.57 Å². The Balaban J connectivity index is 1.40. The fourth-order valence-corrected chi connectivity index (χ4v) is 6.95. The van der Waals surface area contributed by atoms with Crippen LogP contribution < -0.4 is 14.9 Å². The number of halogens is 2. The van der Waals surface area contributed by atoms with E-state index < -0.39 is 0 Å². The maximum atomic E-state index is 14.0. The van der Waals surface area contributed by atoms with Gasteiger partial charge in [0.1, 0.15) is 11.5 Å². The molecular formula is C32H22BrClN2O2S. The number of nitrogens with zero attached hydrogens (tertiary/aromatic N) is 2. The van der Waals surface area contributed by atoms with Crippen LogP contribution in [0.15, 0.2) is 103 Å². The molecule has 0 saturated carbocycles.